The smallest absolute Gasteiger partial charge is 0.462 e. The Morgan fingerprint density at radius 1 is 0.356 bits per heavy atom. The van der Waals surface area contributed by atoms with E-state index in [4.69, 9.17) is 24.3 Å². The first kappa shape index (κ1) is 84.2. The van der Waals surface area contributed by atoms with Gasteiger partial charge in [-0.1, -0.05) is 343 Å². The Hall–Kier alpha value is -2.81. The molecule has 87 heavy (non-hydrogen) atoms. The lowest BCUT2D eigenvalue weighted by Gasteiger charge is -2.19. The molecule has 0 radical (unpaired) electrons. The second kappa shape index (κ2) is 72.3. The van der Waals surface area contributed by atoms with Crippen LogP contribution >= 0.6 is 7.82 Å². The van der Waals surface area contributed by atoms with E-state index in [1.807, 2.05) is 0 Å². The first-order chi connectivity index (χ1) is 42.8. The molecule has 0 aromatic carbocycles. The van der Waals surface area contributed by atoms with Crippen LogP contribution in [0.3, 0.4) is 0 Å². The zero-order chi connectivity index (χ0) is 63.0. The Morgan fingerprint density at radius 3 is 0.943 bits per heavy atom. The molecule has 0 heterocycles. The number of carbonyl (C=O) groups excluding carboxylic acids is 2. The maximum absolute atomic E-state index is 12.8. The van der Waals surface area contributed by atoms with Crippen molar-refractivity contribution >= 4 is 19.8 Å². The van der Waals surface area contributed by atoms with E-state index in [2.05, 4.69) is 98.9 Å². The second-order valence-corrected chi connectivity index (χ2v) is 26.2. The van der Waals surface area contributed by atoms with Gasteiger partial charge in [0.05, 0.1) is 13.2 Å². The van der Waals surface area contributed by atoms with E-state index in [1.165, 1.54) is 257 Å². The predicted octanol–water partition coefficient (Wildman–Crippen LogP) is 24.5. The number of hydrogen-bond acceptors (Lipinski definition) is 8. The summed E-state index contributed by atoms with van der Waals surface area (Å²) in [6.45, 7) is 3.67. The van der Waals surface area contributed by atoms with Gasteiger partial charge >= 0.3 is 19.8 Å². The van der Waals surface area contributed by atoms with E-state index in [9.17, 15) is 19.0 Å². The van der Waals surface area contributed by atoms with E-state index in [0.717, 1.165) is 70.6 Å². The van der Waals surface area contributed by atoms with E-state index < -0.39 is 26.5 Å². The van der Waals surface area contributed by atoms with E-state index in [1.54, 1.807) is 0 Å². The van der Waals surface area contributed by atoms with Crippen LogP contribution in [0.25, 0.3) is 0 Å². The summed E-state index contributed by atoms with van der Waals surface area (Å²) in [6.07, 6.45) is 97.0. The largest absolute Gasteiger partial charge is 0.472 e. The quantitative estimate of drug-likeness (QED) is 0.0264. The summed E-state index contributed by atoms with van der Waals surface area (Å²) < 4.78 is 33.2. The highest BCUT2D eigenvalue weighted by Crippen LogP contribution is 2.43. The zero-order valence-corrected chi connectivity index (χ0v) is 57.9. The number of allylic oxidation sites excluding steroid dienone is 14. The third kappa shape index (κ3) is 72.1. The molecule has 0 bridgehead atoms. The molecule has 3 N–H and O–H groups in total. The molecule has 0 aliphatic rings. The highest BCUT2D eigenvalue weighted by atomic mass is 31.2. The number of nitrogens with two attached hydrogens (primary N) is 1. The summed E-state index contributed by atoms with van der Waals surface area (Å²) in [6, 6.07) is 0. The van der Waals surface area contributed by atoms with Crippen LogP contribution in [-0.4, -0.2) is 49.3 Å². The van der Waals surface area contributed by atoms with Crippen LogP contribution in [0.4, 0.5) is 0 Å². The molecular formula is C77H140NO8P. The molecule has 0 amide bonds. The number of hydrogen-bond donors (Lipinski definition) is 2. The lowest BCUT2D eigenvalue weighted by molar-refractivity contribution is -0.161. The van der Waals surface area contributed by atoms with Crippen molar-refractivity contribution in [2.24, 2.45) is 5.73 Å². The molecule has 0 aliphatic carbocycles. The molecule has 10 heteroatoms. The Balaban J connectivity index is 3.81. The monoisotopic (exact) mass is 1240 g/mol. The molecule has 2 atom stereocenters. The van der Waals surface area contributed by atoms with Crippen molar-refractivity contribution < 1.29 is 37.6 Å². The van der Waals surface area contributed by atoms with Gasteiger partial charge in [-0.2, -0.15) is 0 Å². The summed E-state index contributed by atoms with van der Waals surface area (Å²) in [7, 11) is -4.40. The molecular weight excluding hydrogens is 1100 g/mol. The number of unbranched alkanes of at least 4 members (excludes halogenated alkanes) is 43. The highest BCUT2D eigenvalue weighted by molar-refractivity contribution is 7.47. The topological polar surface area (TPSA) is 134 Å². The maximum atomic E-state index is 12.8. The molecule has 0 aromatic rings. The molecule has 9 nitrogen and oxygen atoms in total. The fourth-order valence-electron chi connectivity index (χ4n) is 10.8. The molecule has 0 aliphatic heterocycles. The van der Waals surface area contributed by atoms with Crippen molar-refractivity contribution in [3.63, 3.8) is 0 Å². The highest BCUT2D eigenvalue weighted by Gasteiger charge is 2.26. The minimum Gasteiger partial charge on any atom is -0.462 e. The van der Waals surface area contributed by atoms with Crippen LogP contribution in [0, 0.1) is 0 Å². The fraction of sp³-hybridized carbons (Fsp3) is 0.792. The fourth-order valence-corrected chi connectivity index (χ4v) is 11.6. The van der Waals surface area contributed by atoms with E-state index >= 15 is 0 Å². The first-order valence-electron chi connectivity index (χ1n) is 37.1. The number of esters is 2. The van der Waals surface area contributed by atoms with E-state index in [0.29, 0.717) is 6.42 Å². The molecule has 0 fully saturated rings. The maximum Gasteiger partial charge on any atom is 0.472 e. The van der Waals surface area contributed by atoms with Crippen molar-refractivity contribution in [2.45, 2.75) is 367 Å². The summed E-state index contributed by atoms with van der Waals surface area (Å²) in [5, 5.41) is 0. The van der Waals surface area contributed by atoms with E-state index in [-0.39, 0.29) is 38.6 Å². The number of rotatable bonds is 70. The van der Waals surface area contributed by atoms with Crippen LogP contribution in [-0.2, 0) is 32.7 Å². The van der Waals surface area contributed by atoms with Crippen molar-refractivity contribution in [2.75, 3.05) is 26.4 Å². The number of phosphoric ester groups is 1. The van der Waals surface area contributed by atoms with Gasteiger partial charge in [-0.25, -0.2) is 4.57 Å². The number of ether oxygens (including phenoxy) is 2. The molecule has 0 aromatic heterocycles. The Morgan fingerprint density at radius 2 is 0.632 bits per heavy atom. The van der Waals surface area contributed by atoms with Crippen LogP contribution in [0.15, 0.2) is 85.1 Å². The predicted molar refractivity (Wildman–Crippen MR) is 376 cm³/mol. The summed E-state index contributed by atoms with van der Waals surface area (Å²) in [4.78, 5) is 35.4. The molecule has 0 spiro atoms. The molecule has 0 rings (SSSR count). The first-order valence-corrected chi connectivity index (χ1v) is 38.6. The lowest BCUT2D eigenvalue weighted by Crippen LogP contribution is -2.29. The Labute approximate surface area is 538 Å². The minimum absolute atomic E-state index is 0.0532. The standard InChI is InChI=1S/C77H140NO8P/c1-3-5-7-9-11-13-15-17-19-21-23-25-27-29-31-33-34-35-36-37-38-39-40-42-44-46-48-50-52-54-56-58-60-62-64-66-68-70-77(80)86-75(74-85-87(81,82)84-72-71-78)73-83-76(79)69-67-65-63-61-59-57-55-53-51-49-47-45-43-41-32-30-28-26-24-22-20-18-16-14-12-10-8-6-4-2/h5,7,11,13,16-19,22-25,28,30,75H,3-4,6,8-10,12,14-15,20-21,26-27,29,31-74,78H2,1-2H3,(H,81,82)/b7-5-,13-11-,18-16-,19-17-,24-22-,25-23-,30-28-. The van der Waals surface area contributed by atoms with Gasteiger partial charge in [-0.3, -0.25) is 18.6 Å². The van der Waals surface area contributed by atoms with Gasteiger partial charge in [-0.15, -0.1) is 0 Å². The van der Waals surface area contributed by atoms with Gasteiger partial charge < -0.3 is 20.1 Å². The van der Waals surface area contributed by atoms with Crippen molar-refractivity contribution in [3.8, 4) is 0 Å². The second-order valence-electron chi connectivity index (χ2n) is 24.8. The van der Waals surface area contributed by atoms with Gasteiger partial charge in [-0.05, 0) is 89.9 Å². The summed E-state index contributed by atoms with van der Waals surface area (Å²) in [5.74, 6) is -0.812. The lowest BCUT2D eigenvalue weighted by atomic mass is 10.0. The molecule has 0 saturated heterocycles. The Kier molecular flexibility index (Phi) is 69.9. The molecule has 0 saturated carbocycles. The van der Waals surface area contributed by atoms with Gasteiger partial charge in [0.1, 0.15) is 6.61 Å². The van der Waals surface area contributed by atoms with Crippen LogP contribution < -0.4 is 5.73 Å². The average molecular weight is 1240 g/mol. The summed E-state index contributed by atoms with van der Waals surface area (Å²) in [5.41, 5.74) is 5.41. The third-order valence-corrected chi connectivity index (χ3v) is 17.2. The zero-order valence-electron chi connectivity index (χ0n) is 57.0. The Bertz CT molecular complexity index is 1700. The summed E-state index contributed by atoms with van der Waals surface area (Å²) >= 11 is 0. The average Bonchev–Trinajstić information content (AvgIpc) is 3.65. The third-order valence-electron chi connectivity index (χ3n) is 16.3. The number of phosphoric acid groups is 1. The van der Waals surface area contributed by atoms with Crippen molar-refractivity contribution in [3.05, 3.63) is 85.1 Å². The van der Waals surface area contributed by atoms with Crippen molar-refractivity contribution in [1.82, 2.24) is 0 Å². The van der Waals surface area contributed by atoms with Gasteiger partial charge in [0.25, 0.3) is 0 Å². The number of carbonyl (C=O) groups is 2. The van der Waals surface area contributed by atoms with Gasteiger partial charge in [0, 0.05) is 19.4 Å². The van der Waals surface area contributed by atoms with Crippen molar-refractivity contribution in [1.29, 1.82) is 0 Å². The van der Waals surface area contributed by atoms with Gasteiger partial charge in [0.2, 0.25) is 0 Å². The molecule has 506 valence electrons. The van der Waals surface area contributed by atoms with Crippen LogP contribution in [0.1, 0.15) is 361 Å². The van der Waals surface area contributed by atoms with Crippen LogP contribution in [0.5, 0.6) is 0 Å². The van der Waals surface area contributed by atoms with Gasteiger partial charge in [0.15, 0.2) is 6.10 Å². The van der Waals surface area contributed by atoms with Crippen LogP contribution in [0.2, 0.25) is 0 Å². The normalized spacial score (nSPS) is 13.4. The molecule has 2 unspecified atom stereocenters. The minimum atomic E-state index is -4.40. The SMILES string of the molecule is CC/C=C\C/C=C\C/C=C\C/C=C\CCCCCCCCCCCCCCCCCCCCCCCCCCC(=O)OC(COC(=O)CCCCCCCCCCCCCCCC/C=C\C/C=C\C/C=C\CCCCCCC)COP(=O)(O)OCCN.